The van der Waals surface area contributed by atoms with Crippen molar-refractivity contribution in [1.29, 1.82) is 0 Å². The maximum Gasteiger partial charge on any atom is 0.253 e. The maximum absolute atomic E-state index is 11.9. The summed E-state index contributed by atoms with van der Waals surface area (Å²) in [7, 11) is 3.00. The molecule has 6 heteroatoms. The second kappa shape index (κ2) is 6.30. The van der Waals surface area contributed by atoms with E-state index in [2.05, 4.69) is 27.8 Å². The molecule has 0 unspecified atom stereocenters. The van der Waals surface area contributed by atoms with Gasteiger partial charge in [-0.25, -0.2) is 0 Å². The zero-order valence-corrected chi connectivity index (χ0v) is 11.8. The number of ether oxygens (including phenoxy) is 2. The maximum atomic E-state index is 11.9. The first-order chi connectivity index (χ1) is 8.49. The molecule has 0 radical (unpaired) electrons. The summed E-state index contributed by atoms with van der Waals surface area (Å²) in [4.78, 5) is 11.9. The van der Waals surface area contributed by atoms with Gasteiger partial charge in [-0.3, -0.25) is 4.79 Å². The van der Waals surface area contributed by atoms with Gasteiger partial charge < -0.3 is 20.5 Å². The van der Waals surface area contributed by atoms with Crippen LogP contribution in [-0.4, -0.2) is 26.7 Å². The number of methoxy groups -OCH3 is 2. The van der Waals surface area contributed by atoms with E-state index >= 15 is 0 Å². The number of carbonyl (C=O) groups excluding carboxylic acids is 1. The van der Waals surface area contributed by atoms with E-state index in [-0.39, 0.29) is 5.91 Å². The van der Waals surface area contributed by atoms with E-state index < -0.39 is 0 Å². The van der Waals surface area contributed by atoms with Gasteiger partial charge in [-0.2, -0.15) is 0 Å². The molecule has 98 valence electrons. The minimum Gasteiger partial charge on any atom is -0.493 e. The average molecular weight is 315 g/mol. The molecule has 0 aromatic heterocycles. The van der Waals surface area contributed by atoms with Crippen LogP contribution in [0, 0.1) is 0 Å². The number of hydrogen-bond donors (Lipinski definition) is 2. The summed E-state index contributed by atoms with van der Waals surface area (Å²) in [5.41, 5.74) is 6.46. The van der Waals surface area contributed by atoms with Crippen LogP contribution in [0.5, 0.6) is 11.5 Å². The van der Waals surface area contributed by atoms with E-state index in [1.807, 2.05) is 0 Å². The fourth-order valence-electron chi connectivity index (χ4n) is 1.36. The Morgan fingerprint density at radius 2 is 1.94 bits per heavy atom. The zero-order chi connectivity index (χ0) is 13.7. The van der Waals surface area contributed by atoms with Crippen molar-refractivity contribution in [2.75, 3.05) is 26.5 Å². The van der Waals surface area contributed by atoms with Crippen LogP contribution in [0.4, 0.5) is 5.69 Å². The molecular weight excluding hydrogens is 300 g/mol. The number of halogens is 1. The molecule has 0 fully saturated rings. The van der Waals surface area contributed by atoms with Gasteiger partial charge in [-0.05, 0) is 6.07 Å². The lowest BCUT2D eigenvalue weighted by Gasteiger charge is -2.12. The zero-order valence-electron chi connectivity index (χ0n) is 10.2. The Morgan fingerprint density at radius 3 is 2.44 bits per heavy atom. The molecule has 0 spiro atoms. The normalized spacial score (nSPS) is 9.72. The Labute approximate surface area is 114 Å². The number of nitrogens with two attached hydrogens (primary N) is 1. The number of benzene rings is 1. The van der Waals surface area contributed by atoms with E-state index in [1.54, 1.807) is 12.1 Å². The molecule has 0 aliphatic heterocycles. The van der Waals surface area contributed by atoms with Crippen LogP contribution in [0.15, 0.2) is 23.2 Å². The Morgan fingerprint density at radius 1 is 1.39 bits per heavy atom. The smallest absolute Gasteiger partial charge is 0.253 e. The molecule has 0 bridgehead atoms. The van der Waals surface area contributed by atoms with Crippen LogP contribution < -0.4 is 20.5 Å². The number of carbonyl (C=O) groups is 1. The fraction of sp³-hybridized carbons (Fsp3) is 0.250. The largest absolute Gasteiger partial charge is 0.493 e. The molecule has 5 nitrogen and oxygen atoms in total. The summed E-state index contributed by atoms with van der Waals surface area (Å²) in [6.45, 7) is 3.96. The molecule has 0 heterocycles. The molecule has 1 amide bonds. The predicted octanol–water partition coefficient (Wildman–Crippen LogP) is 1.92. The quantitative estimate of drug-likeness (QED) is 0.814. The van der Waals surface area contributed by atoms with E-state index in [0.29, 0.717) is 33.8 Å². The van der Waals surface area contributed by atoms with Crippen molar-refractivity contribution in [1.82, 2.24) is 5.32 Å². The summed E-state index contributed by atoms with van der Waals surface area (Å²) in [6.07, 6.45) is 0. The lowest BCUT2D eigenvalue weighted by Crippen LogP contribution is -2.25. The molecule has 0 atom stereocenters. The van der Waals surface area contributed by atoms with Crippen LogP contribution in [0.1, 0.15) is 10.4 Å². The molecule has 0 saturated carbocycles. The second-order valence-corrected chi connectivity index (χ2v) is 4.62. The van der Waals surface area contributed by atoms with Crippen LogP contribution in [0.3, 0.4) is 0 Å². The van der Waals surface area contributed by atoms with E-state index in [0.717, 1.165) is 0 Å². The predicted molar refractivity (Wildman–Crippen MR) is 74.4 cm³/mol. The van der Waals surface area contributed by atoms with Crippen LogP contribution in [0.25, 0.3) is 0 Å². The third kappa shape index (κ3) is 3.40. The van der Waals surface area contributed by atoms with Crippen molar-refractivity contribution in [2.45, 2.75) is 0 Å². The highest BCUT2D eigenvalue weighted by Crippen LogP contribution is 2.31. The minimum absolute atomic E-state index is 0.297. The minimum atomic E-state index is -0.297. The van der Waals surface area contributed by atoms with Gasteiger partial charge in [0.2, 0.25) is 0 Å². The van der Waals surface area contributed by atoms with Crippen molar-refractivity contribution >= 4 is 27.5 Å². The van der Waals surface area contributed by atoms with Crippen molar-refractivity contribution in [2.24, 2.45) is 0 Å². The van der Waals surface area contributed by atoms with Gasteiger partial charge in [-0.1, -0.05) is 22.5 Å². The van der Waals surface area contributed by atoms with Gasteiger partial charge in [0.15, 0.2) is 11.5 Å². The van der Waals surface area contributed by atoms with Crippen molar-refractivity contribution in [3.05, 3.63) is 28.8 Å². The Bertz CT molecular complexity index is 475. The number of nitrogens with one attached hydrogen (secondary N) is 1. The first-order valence-corrected chi connectivity index (χ1v) is 5.91. The van der Waals surface area contributed by atoms with Crippen LogP contribution in [0.2, 0.25) is 0 Å². The first-order valence-electron chi connectivity index (χ1n) is 5.12. The van der Waals surface area contributed by atoms with Gasteiger partial charge in [0, 0.05) is 22.8 Å². The number of anilines is 1. The van der Waals surface area contributed by atoms with Gasteiger partial charge >= 0.3 is 0 Å². The third-order valence-corrected chi connectivity index (χ3v) is 2.52. The summed E-state index contributed by atoms with van der Waals surface area (Å²) in [6, 6.07) is 3.09. The molecule has 0 saturated heterocycles. The Balaban J connectivity index is 3.01. The monoisotopic (exact) mass is 314 g/mol. The van der Waals surface area contributed by atoms with Crippen LogP contribution in [-0.2, 0) is 0 Å². The van der Waals surface area contributed by atoms with Gasteiger partial charge in [-0.15, -0.1) is 0 Å². The highest BCUT2D eigenvalue weighted by molar-refractivity contribution is 9.11. The van der Waals surface area contributed by atoms with Crippen molar-refractivity contribution < 1.29 is 14.3 Å². The van der Waals surface area contributed by atoms with E-state index in [9.17, 15) is 4.79 Å². The van der Waals surface area contributed by atoms with Gasteiger partial charge in [0.1, 0.15) is 0 Å². The molecule has 1 rings (SSSR count). The number of nitrogen functional groups attached to an aromatic ring is 1. The number of hydrogen-bond acceptors (Lipinski definition) is 4. The molecule has 18 heavy (non-hydrogen) atoms. The topological polar surface area (TPSA) is 73.6 Å². The third-order valence-electron chi connectivity index (χ3n) is 2.24. The van der Waals surface area contributed by atoms with E-state index in [4.69, 9.17) is 15.2 Å². The Hall–Kier alpha value is -1.69. The Kier molecular flexibility index (Phi) is 5.03. The van der Waals surface area contributed by atoms with Crippen molar-refractivity contribution in [3.8, 4) is 11.5 Å². The fourth-order valence-corrected chi connectivity index (χ4v) is 1.50. The highest BCUT2D eigenvalue weighted by Gasteiger charge is 2.14. The lowest BCUT2D eigenvalue weighted by molar-refractivity contribution is 0.0958. The molecule has 0 aliphatic carbocycles. The second-order valence-electron chi connectivity index (χ2n) is 3.49. The van der Waals surface area contributed by atoms with Crippen molar-refractivity contribution in [3.63, 3.8) is 0 Å². The standard InChI is InChI=1S/C12H15BrN2O3/c1-7(13)6-15-12(16)8-4-10(17-2)11(18-3)5-9(8)14/h4-5H,1,6,14H2,2-3H3,(H,15,16). The summed E-state index contributed by atoms with van der Waals surface area (Å²) >= 11 is 3.16. The highest BCUT2D eigenvalue weighted by atomic mass is 79.9. The van der Waals surface area contributed by atoms with Gasteiger partial charge in [0.05, 0.1) is 19.8 Å². The SMILES string of the molecule is C=C(Br)CNC(=O)c1cc(OC)c(OC)cc1N. The summed E-state index contributed by atoms with van der Waals surface area (Å²) in [5.74, 6) is 0.639. The molecule has 1 aromatic rings. The number of rotatable bonds is 5. The molecule has 1 aromatic carbocycles. The average Bonchev–Trinajstić information content (AvgIpc) is 2.35. The molecule has 0 aliphatic rings. The van der Waals surface area contributed by atoms with E-state index in [1.165, 1.54) is 14.2 Å². The van der Waals surface area contributed by atoms with Crippen LogP contribution >= 0.6 is 15.9 Å². The molecular formula is C12H15BrN2O3. The molecule has 3 N–H and O–H groups in total. The summed E-state index contributed by atoms with van der Waals surface area (Å²) < 4.78 is 10.9. The lowest BCUT2D eigenvalue weighted by atomic mass is 10.1. The first kappa shape index (κ1) is 14.4. The van der Waals surface area contributed by atoms with Gasteiger partial charge in [0.25, 0.3) is 5.91 Å². The number of amides is 1. The summed E-state index contributed by atoms with van der Waals surface area (Å²) in [5, 5.41) is 2.67.